The van der Waals surface area contributed by atoms with Crippen LogP contribution in [0.25, 0.3) is 0 Å². The van der Waals surface area contributed by atoms with E-state index in [1.54, 1.807) is 0 Å². The zero-order valence-corrected chi connectivity index (χ0v) is 9.38. The Bertz CT molecular complexity index is 502. The highest BCUT2D eigenvalue weighted by Gasteiger charge is 2.22. The van der Waals surface area contributed by atoms with Crippen molar-refractivity contribution >= 4 is 10.0 Å². The van der Waals surface area contributed by atoms with E-state index < -0.39 is 27.0 Å². The Labute approximate surface area is 91.3 Å². The smallest absolute Gasteiger partial charge is 0.280 e. The Morgan fingerprint density at radius 1 is 1.50 bits per heavy atom. The summed E-state index contributed by atoms with van der Waals surface area (Å²) >= 11 is 0. The van der Waals surface area contributed by atoms with Gasteiger partial charge < -0.3 is 4.74 Å². The van der Waals surface area contributed by atoms with E-state index in [9.17, 15) is 17.2 Å². The fourth-order valence-corrected chi connectivity index (χ4v) is 1.99. The number of aromatic nitrogens is 1. The molecule has 1 rings (SSSR count). The maximum absolute atomic E-state index is 12.6. The van der Waals surface area contributed by atoms with E-state index in [1.165, 1.54) is 14.0 Å². The van der Waals surface area contributed by atoms with Gasteiger partial charge in [-0.05, 0) is 12.5 Å². The molecule has 0 aliphatic heterocycles. The van der Waals surface area contributed by atoms with Crippen molar-refractivity contribution in [1.82, 2.24) is 4.98 Å². The van der Waals surface area contributed by atoms with E-state index in [-0.39, 0.29) is 11.4 Å². The van der Waals surface area contributed by atoms with Gasteiger partial charge in [-0.3, -0.25) is 0 Å². The lowest BCUT2D eigenvalue weighted by Crippen LogP contribution is -2.15. The van der Waals surface area contributed by atoms with Gasteiger partial charge in [-0.1, -0.05) is 0 Å². The predicted molar refractivity (Wildman–Crippen MR) is 51.9 cm³/mol. The summed E-state index contributed by atoms with van der Waals surface area (Å²) in [4.78, 5) is 3.06. The average molecular weight is 252 g/mol. The van der Waals surface area contributed by atoms with Crippen LogP contribution in [0.5, 0.6) is 5.88 Å². The Balaban J connectivity index is 3.56. The van der Waals surface area contributed by atoms with Gasteiger partial charge in [0.1, 0.15) is 5.69 Å². The Morgan fingerprint density at radius 2 is 2.06 bits per heavy atom. The highest BCUT2D eigenvalue weighted by molar-refractivity contribution is 7.89. The lowest BCUT2D eigenvalue weighted by atomic mass is 10.2. The maximum Gasteiger partial charge on any atom is 0.280 e. The standard InChI is InChI=1S/C8H10F2N2O3S/c1-4-5(16(11,13)14)3-6(15-2)12-7(4)8(9)10/h3,8H,1-2H3,(H2,11,13,14). The first-order valence-electron chi connectivity index (χ1n) is 4.14. The molecule has 0 atom stereocenters. The van der Waals surface area contributed by atoms with Crippen molar-refractivity contribution in [2.24, 2.45) is 5.14 Å². The summed E-state index contributed by atoms with van der Waals surface area (Å²) in [6, 6.07) is 1.01. The summed E-state index contributed by atoms with van der Waals surface area (Å²) in [5, 5.41) is 4.89. The summed E-state index contributed by atoms with van der Waals surface area (Å²) in [7, 11) is -2.88. The number of halogens is 2. The number of hydrogen-bond acceptors (Lipinski definition) is 4. The summed E-state index contributed by atoms with van der Waals surface area (Å²) in [5.74, 6) is -0.218. The van der Waals surface area contributed by atoms with E-state index in [1.807, 2.05) is 0 Å². The second-order valence-electron chi connectivity index (χ2n) is 3.02. The molecule has 0 saturated carbocycles. The zero-order chi connectivity index (χ0) is 12.5. The van der Waals surface area contributed by atoms with Crippen LogP contribution in [-0.2, 0) is 10.0 Å². The van der Waals surface area contributed by atoms with Crippen LogP contribution in [-0.4, -0.2) is 20.5 Å². The van der Waals surface area contributed by atoms with Crippen LogP contribution in [0, 0.1) is 6.92 Å². The molecule has 0 saturated heterocycles. The number of rotatable bonds is 3. The topological polar surface area (TPSA) is 82.3 Å². The second-order valence-corrected chi connectivity index (χ2v) is 4.55. The van der Waals surface area contributed by atoms with Gasteiger partial charge >= 0.3 is 0 Å². The predicted octanol–water partition coefficient (Wildman–Crippen LogP) is 0.984. The van der Waals surface area contributed by atoms with Gasteiger partial charge in [-0.15, -0.1) is 0 Å². The molecule has 90 valence electrons. The molecule has 0 bridgehead atoms. The van der Waals surface area contributed by atoms with Crippen molar-refractivity contribution in [3.05, 3.63) is 17.3 Å². The summed E-state index contributed by atoms with van der Waals surface area (Å²) in [6.07, 6.45) is -2.89. The van der Waals surface area contributed by atoms with Crippen molar-refractivity contribution in [3.63, 3.8) is 0 Å². The van der Waals surface area contributed by atoms with Crippen molar-refractivity contribution in [1.29, 1.82) is 0 Å². The molecule has 2 N–H and O–H groups in total. The third-order valence-electron chi connectivity index (χ3n) is 1.96. The number of hydrogen-bond donors (Lipinski definition) is 1. The molecule has 0 aromatic carbocycles. The summed E-state index contributed by atoms with van der Waals surface area (Å²) < 4.78 is 52.0. The molecule has 8 heteroatoms. The number of methoxy groups -OCH3 is 1. The maximum atomic E-state index is 12.6. The van der Waals surface area contributed by atoms with Crippen LogP contribution in [0.3, 0.4) is 0 Å². The first-order chi connectivity index (χ1) is 7.27. The first-order valence-corrected chi connectivity index (χ1v) is 5.68. The molecule has 0 amide bonds. The van der Waals surface area contributed by atoms with Gasteiger partial charge in [0.25, 0.3) is 6.43 Å². The van der Waals surface area contributed by atoms with Gasteiger partial charge in [0.15, 0.2) is 0 Å². The molecule has 0 radical (unpaired) electrons. The number of nitrogens with zero attached hydrogens (tertiary/aromatic N) is 1. The van der Waals surface area contributed by atoms with Gasteiger partial charge in [-0.25, -0.2) is 27.3 Å². The molecule has 16 heavy (non-hydrogen) atoms. The largest absolute Gasteiger partial charge is 0.481 e. The number of pyridine rings is 1. The molecule has 1 aromatic rings. The fraction of sp³-hybridized carbons (Fsp3) is 0.375. The van der Waals surface area contributed by atoms with E-state index in [4.69, 9.17) is 5.14 Å². The number of sulfonamides is 1. The third kappa shape index (κ3) is 2.45. The number of alkyl halides is 2. The molecule has 1 heterocycles. The number of primary sulfonamides is 1. The van der Waals surface area contributed by atoms with Gasteiger partial charge in [0.2, 0.25) is 15.9 Å². The van der Waals surface area contributed by atoms with Gasteiger partial charge in [0, 0.05) is 6.07 Å². The lowest BCUT2D eigenvalue weighted by molar-refractivity contribution is 0.143. The Kier molecular flexibility index (Phi) is 3.44. The van der Waals surface area contributed by atoms with Gasteiger partial charge in [0.05, 0.1) is 12.0 Å². The van der Waals surface area contributed by atoms with Crippen LogP contribution in [0.4, 0.5) is 8.78 Å². The minimum Gasteiger partial charge on any atom is -0.481 e. The van der Waals surface area contributed by atoms with Crippen LogP contribution in [0.15, 0.2) is 11.0 Å². The van der Waals surface area contributed by atoms with Gasteiger partial charge in [-0.2, -0.15) is 0 Å². The minimum atomic E-state index is -4.08. The van der Waals surface area contributed by atoms with Crippen LogP contribution < -0.4 is 9.88 Å². The molecule has 0 aliphatic carbocycles. The van der Waals surface area contributed by atoms with Crippen molar-refractivity contribution in [3.8, 4) is 5.88 Å². The van der Waals surface area contributed by atoms with Crippen LogP contribution >= 0.6 is 0 Å². The molecule has 0 spiro atoms. The quantitative estimate of drug-likeness (QED) is 0.869. The van der Waals surface area contributed by atoms with E-state index in [0.717, 1.165) is 6.07 Å². The monoisotopic (exact) mass is 252 g/mol. The first kappa shape index (κ1) is 12.8. The SMILES string of the molecule is COc1cc(S(N)(=O)=O)c(C)c(C(F)F)n1. The number of nitrogens with two attached hydrogens (primary N) is 1. The highest BCUT2D eigenvalue weighted by atomic mass is 32.2. The van der Waals surface area contributed by atoms with E-state index in [0.29, 0.717) is 0 Å². The van der Waals surface area contributed by atoms with Crippen molar-refractivity contribution in [2.75, 3.05) is 7.11 Å². The Morgan fingerprint density at radius 3 is 2.44 bits per heavy atom. The normalized spacial score (nSPS) is 11.9. The van der Waals surface area contributed by atoms with E-state index >= 15 is 0 Å². The van der Waals surface area contributed by atoms with Crippen LogP contribution in [0.1, 0.15) is 17.7 Å². The minimum absolute atomic E-state index is 0.168. The molecule has 0 aliphatic rings. The molecular formula is C8H10F2N2O3S. The van der Waals surface area contributed by atoms with Crippen molar-refractivity contribution < 1.29 is 21.9 Å². The molecule has 5 nitrogen and oxygen atoms in total. The summed E-state index contributed by atoms with van der Waals surface area (Å²) in [6.45, 7) is 1.22. The molecule has 1 aromatic heterocycles. The third-order valence-corrected chi connectivity index (χ3v) is 3.00. The summed E-state index contributed by atoms with van der Waals surface area (Å²) in [5.41, 5.74) is -0.818. The van der Waals surface area contributed by atoms with Crippen molar-refractivity contribution in [2.45, 2.75) is 18.2 Å². The molecule has 0 unspecified atom stereocenters. The zero-order valence-electron chi connectivity index (χ0n) is 8.57. The average Bonchev–Trinajstić information content (AvgIpc) is 2.15. The molecule has 0 fully saturated rings. The number of ether oxygens (including phenoxy) is 1. The van der Waals surface area contributed by atoms with Crippen LogP contribution in [0.2, 0.25) is 0 Å². The lowest BCUT2D eigenvalue weighted by Gasteiger charge is -2.10. The second kappa shape index (κ2) is 4.30. The van der Waals surface area contributed by atoms with E-state index in [2.05, 4.69) is 9.72 Å². The highest BCUT2D eigenvalue weighted by Crippen LogP contribution is 2.28. The molecular weight excluding hydrogens is 242 g/mol. The Hall–Kier alpha value is -1.28. The fourth-order valence-electron chi connectivity index (χ4n) is 1.19.